The van der Waals surface area contributed by atoms with E-state index in [1.165, 1.54) is 25.9 Å². The maximum Gasteiger partial charge on any atom is 0.200 e. The number of hydrogen-bond acceptors (Lipinski definition) is 4. The van der Waals surface area contributed by atoms with Crippen LogP contribution in [-0.4, -0.2) is 25.1 Å². The summed E-state index contributed by atoms with van der Waals surface area (Å²) in [5, 5.41) is 9.88. The summed E-state index contributed by atoms with van der Waals surface area (Å²) in [5.74, 6) is 0.444. The predicted octanol–water partition coefficient (Wildman–Crippen LogP) is 3.87. The number of aromatic hydroxyl groups is 1. The molecular weight excluding hydrogens is 292 g/mol. The molecule has 0 radical (unpaired) electrons. The molecule has 2 aromatic carbocycles. The number of allylic oxidation sites excluding steroid dienone is 1. The van der Waals surface area contributed by atoms with Crippen molar-refractivity contribution in [2.24, 2.45) is 0 Å². The quantitative estimate of drug-likeness (QED) is 0.650. The third-order valence-corrected chi connectivity index (χ3v) is 3.58. The van der Waals surface area contributed by atoms with Crippen molar-refractivity contribution in [1.29, 1.82) is 0 Å². The largest absolute Gasteiger partial charge is 0.502 e. The van der Waals surface area contributed by atoms with Crippen LogP contribution in [0.3, 0.4) is 0 Å². The van der Waals surface area contributed by atoms with Gasteiger partial charge in [0.2, 0.25) is 5.75 Å². The standard InChI is InChI=1S/C19H20O4/c1-4-13-5-8-15(9-6-13)16(20)10-7-14-11-17(22-2)19(21)18(12-14)23-3/h5-12,21H,4H2,1-3H3/b10-7+. The Hall–Kier alpha value is -2.75. The van der Waals surface area contributed by atoms with Crippen molar-refractivity contribution in [3.05, 3.63) is 59.2 Å². The van der Waals surface area contributed by atoms with E-state index in [9.17, 15) is 9.90 Å². The Kier molecular flexibility index (Phi) is 5.41. The molecule has 23 heavy (non-hydrogen) atoms. The average molecular weight is 312 g/mol. The van der Waals surface area contributed by atoms with Gasteiger partial charge >= 0.3 is 0 Å². The van der Waals surface area contributed by atoms with E-state index in [-0.39, 0.29) is 11.5 Å². The van der Waals surface area contributed by atoms with E-state index in [1.54, 1.807) is 18.2 Å². The molecule has 4 nitrogen and oxygen atoms in total. The first-order valence-corrected chi connectivity index (χ1v) is 7.35. The molecule has 120 valence electrons. The van der Waals surface area contributed by atoms with Gasteiger partial charge in [0.15, 0.2) is 17.3 Å². The zero-order valence-corrected chi connectivity index (χ0v) is 13.5. The molecule has 0 atom stereocenters. The van der Waals surface area contributed by atoms with Crippen molar-refractivity contribution in [1.82, 2.24) is 0 Å². The summed E-state index contributed by atoms with van der Waals surface area (Å²) < 4.78 is 10.2. The monoisotopic (exact) mass is 312 g/mol. The van der Waals surface area contributed by atoms with E-state index in [2.05, 4.69) is 6.92 Å². The number of methoxy groups -OCH3 is 2. The molecule has 0 saturated heterocycles. The first-order chi connectivity index (χ1) is 11.1. The van der Waals surface area contributed by atoms with Crippen molar-refractivity contribution in [2.45, 2.75) is 13.3 Å². The van der Waals surface area contributed by atoms with E-state index in [4.69, 9.17) is 9.47 Å². The highest BCUT2D eigenvalue weighted by molar-refractivity contribution is 6.06. The average Bonchev–Trinajstić information content (AvgIpc) is 2.60. The Morgan fingerprint density at radius 3 is 2.13 bits per heavy atom. The van der Waals surface area contributed by atoms with Gasteiger partial charge in [0, 0.05) is 5.56 Å². The number of ketones is 1. The van der Waals surface area contributed by atoms with Crippen molar-refractivity contribution in [2.75, 3.05) is 14.2 Å². The summed E-state index contributed by atoms with van der Waals surface area (Å²) in [6, 6.07) is 10.8. The number of benzene rings is 2. The van der Waals surface area contributed by atoms with Gasteiger partial charge in [-0.3, -0.25) is 4.79 Å². The number of ether oxygens (including phenoxy) is 2. The van der Waals surface area contributed by atoms with Gasteiger partial charge in [0.25, 0.3) is 0 Å². The zero-order valence-electron chi connectivity index (χ0n) is 13.5. The van der Waals surface area contributed by atoms with Crippen LogP contribution < -0.4 is 9.47 Å². The van der Waals surface area contributed by atoms with Gasteiger partial charge in [-0.25, -0.2) is 0 Å². The number of aryl methyl sites for hydroxylation is 1. The highest BCUT2D eigenvalue weighted by atomic mass is 16.5. The van der Waals surface area contributed by atoms with Gasteiger partial charge in [-0.1, -0.05) is 37.3 Å². The first kappa shape index (κ1) is 16.6. The highest BCUT2D eigenvalue weighted by Crippen LogP contribution is 2.37. The zero-order chi connectivity index (χ0) is 16.8. The topological polar surface area (TPSA) is 55.8 Å². The Morgan fingerprint density at radius 2 is 1.65 bits per heavy atom. The lowest BCUT2D eigenvalue weighted by atomic mass is 10.1. The van der Waals surface area contributed by atoms with Gasteiger partial charge in [-0.2, -0.15) is 0 Å². The van der Waals surface area contributed by atoms with Gasteiger partial charge in [0.05, 0.1) is 14.2 Å². The second kappa shape index (κ2) is 7.49. The molecule has 0 aliphatic carbocycles. The normalized spacial score (nSPS) is 10.7. The van der Waals surface area contributed by atoms with Gasteiger partial charge in [-0.15, -0.1) is 0 Å². The number of hydrogen-bond donors (Lipinski definition) is 1. The SMILES string of the molecule is CCc1ccc(C(=O)/C=C/c2cc(OC)c(O)c(OC)c2)cc1. The van der Waals surface area contributed by atoms with Crippen LogP contribution in [0.2, 0.25) is 0 Å². The molecule has 4 heteroatoms. The van der Waals surface area contributed by atoms with Crippen LogP contribution in [0.25, 0.3) is 6.08 Å². The summed E-state index contributed by atoms with van der Waals surface area (Å²) in [4.78, 5) is 12.2. The summed E-state index contributed by atoms with van der Waals surface area (Å²) in [5.41, 5.74) is 2.53. The number of phenols is 1. The molecule has 0 saturated carbocycles. The predicted molar refractivity (Wildman–Crippen MR) is 90.4 cm³/mol. The lowest BCUT2D eigenvalue weighted by Gasteiger charge is -2.09. The van der Waals surface area contributed by atoms with Crippen LogP contribution >= 0.6 is 0 Å². The number of rotatable bonds is 6. The van der Waals surface area contributed by atoms with Gasteiger partial charge < -0.3 is 14.6 Å². The first-order valence-electron chi connectivity index (χ1n) is 7.35. The summed E-state index contributed by atoms with van der Waals surface area (Å²) >= 11 is 0. The fourth-order valence-electron chi connectivity index (χ4n) is 2.18. The Labute approximate surface area is 136 Å². The Morgan fingerprint density at radius 1 is 1.09 bits per heavy atom. The molecule has 0 bridgehead atoms. The van der Waals surface area contributed by atoms with Crippen LogP contribution in [0.5, 0.6) is 17.2 Å². The van der Waals surface area contributed by atoms with Gasteiger partial charge in [0.1, 0.15) is 0 Å². The minimum absolute atomic E-state index is 0.0615. The van der Waals surface area contributed by atoms with Crippen LogP contribution in [0.15, 0.2) is 42.5 Å². The third-order valence-electron chi connectivity index (χ3n) is 3.58. The van der Waals surface area contributed by atoms with Crippen molar-refractivity contribution >= 4 is 11.9 Å². The van der Waals surface area contributed by atoms with E-state index in [0.717, 1.165) is 6.42 Å². The van der Waals surface area contributed by atoms with Crippen LogP contribution in [0.1, 0.15) is 28.4 Å². The minimum Gasteiger partial charge on any atom is -0.502 e. The second-order valence-electron chi connectivity index (χ2n) is 5.02. The molecular formula is C19H20O4. The molecule has 2 rings (SSSR count). The van der Waals surface area contributed by atoms with Crippen LogP contribution in [0, 0.1) is 0 Å². The Balaban J connectivity index is 2.23. The third kappa shape index (κ3) is 3.92. The lowest BCUT2D eigenvalue weighted by molar-refractivity contribution is 0.104. The smallest absolute Gasteiger partial charge is 0.200 e. The van der Waals surface area contributed by atoms with Crippen molar-refractivity contribution in [3.8, 4) is 17.2 Å². The van der Waals surface area contributed by atoms with E-state index >= 15 is 0 Å². The van der Waals surface area contributed by atoms with E-state index < -0.39 is 0 Å². The molecule has 0 aliphatic heterocycles. The fourth-order valence-corrected chi connectivity index (χ4v) is 2.18. The summed E-state index contributed by atoms with van der Waals surface area (Å²) in [6.07, 6.45) is 4.10. The molecule has 0 spiro atoms. The van der Waals surface area contributed by atoms with Crippen molar-refractivity contribution in [3.63, 3.8) is 0 Å². The fraction of sp³-hybridized carbons (Fsp3) is 0.211. The number of carbonyl (C=O) groups excluding carboxylic acids is 1. The number of carbonyl (C=O) groups is 1. The molecule has 0 aliphatic rings. The van der Waals surface area contributed by atoms with Crippen LogP contribution in [0.4, 0.5) is 0 Å². The lowest BCUT2D eigenvalue weighted by Crippen LogP contribution is -1.95. The molecule has 1 N–H and O–H groups in total. The number of phenolic OH excluding ortho intramolecular Hbond substituents is 1. The van der Waals surface area contributed by atoms with Crippen LogP contribution in [-0.2, 0) is 6.42 Å². The minimum atomic E-state index is -0.0846. The molecule has 0 aromatic heterocycles. The molecule has 0 heterocycles. The maximum absolute atomic E-state index is 12.2. The Bertz CT molecular complexity index is 690. The summed E-state index contributed by atoms with van der Waals surface area (Å²) in [7, 11) is 2.92. The van der Waals surface area contributed by atoms with E-state index in [0.29, 0.717) is 22.6 Å². The molecule has 0 unspecified atom stereocenters. The molecule has 2 aromatic rings. The van der Waals surface area contributed by atoms with E-state index in [1.807, 2.05) is 24.3 Å². The molecule has 0 amide bonds. The highest BCUT2D eigenvalue weighted by Gasteiger charge is 2.10. The summed E-state index contributed by atoms with van der Waals surface area (Å²) in [6.45, 7) is 2.07. The maximum atomic E-state index is 12.2. The van der Waals surface area contributed by atoms with Gasteiger partial charge in [-0.05, 0) is 35.8 Å². The van der Waals surface area contributed by atoms with Crippen molar-refractivity contribution < 1.29 is 19.4 Å². The molecule has 0 fully saturated rings. The second-order valence-corrected chi connectivity index (χ2v) is 5.02.